The molecule has 1 aromatic carbocycles. The lowest BCUT2D eigenvalue weighted by atomic mass is 10.1. The summed E-state index contributed by atoms with van der Waals surface area (Å²) in [6.07, 6.45) is 1.96. The second-order valence-electron chi connectivity index (χ2n) is 6.80. The van der Waals surface area contributed by atoms with E-state index in [1.54, 1.807) is 6.07 Å². The molecular weight excluding hydrogens is 345 g/mol. The van der Waals surface area contributed by atoms with Crippen LogP contribution in [0.1, 0.15) is 38.3 Å². The van der Waals surface area contributed by atoms with Crippen molar-refractivity contribution in [1.29, 1.82) is 0 Å². The van der Waals surface area contributed by atoms with Crippen molar-refractivity contribution in [3.8, 4) is 0 Å². The van der Waals surface area contributed by atoms with Gasteiger partial charge in [0.15, 0.2) is 11.6 Å². The van der Waals surface area contributed by atoms with Gasteiger partial charge < -0.3 is 15.7 Å². The molecule has 1 heterocycles. The van der Waals surface area contributed by atoms with Crippen molar-refractivity contribution in [3.63, 3.8) is 0 Å². The molecule has 5 nitrogen and oxygen atoms in total. The quantitative estimate of drug-likeness (QED) is 0.648. The molecule has 0 radical (unpaired) electrons. The number of nitrogens with one attached hydrogen (secondary N) is 2. The number of aliphatic hydroxyl groups is 1. The highest BCUT2D eigenvalue weighted by Crippen LogP contribution is 2.40. The van der Waals surface area contributed by atoms with Crippen LogP contribution >= 0.6 is 0 Å². The summed E-state index contributed by atoms with van der Waals surface area (Å²) in [4.78, 5) is 8.66. The van der Waals surface area contributed by atoms with E-state index in [0.717, 1.165) is 30.7 Å². The van der Waals surface area contributed by atoms with Gasteiger partial charge in [-0.2, -0.15) is 4.98 Å². The Bertz CT molecular complexity index is 796. The molecule has 8 heteroatoms. The van der Waals surface area contributed by atoms with E-state index in [4.69, 9.17) is 0 Å². The lowest BCUT2D eigenvalue weighted by Gasteiger charge is -2.20. The summed E-state index contributed by atoms with van der Waals surface area (Å²) < 4.78 is 41.2. The summed E-state index contributed by atoms with van der Waals surface area (Å²) in [6.45, 7) is 3.77. The second kappa shape index (κ2) is 7.49. The minimum atomic E-state index is -1.30. The van der Waals surface area contributed by atoms with Crippen LogP contribution in [-0.4, -0.2) is 27.7 Å². The molecule has 3 rings (SSSR count). The molecule has 1 fully saturated rings. The van der Waals surface area contributed by atoms with E-state index in [0.29, 0.717) is 0 Å². The second-order valence-corrected chi connectivity index (χ2v) is 6.80. The van der Waals surface area contributed by atoms with Gasteiger partial charge in [0, 0.05) is 12.0 Å². The summed E-state index contributed by atoms with van der Waals surface area (Å²) in [5.74, 6) is -2.56. The predicted octanol–water partition coefficient (Wildman–Crippen LogP) is 3.94. The van der Waals surface area contributed by atoms with Crippen molar-refractivity contribution in [2.75, 3.05) is 17.2 Å². The normalized spacial score (nSPS) is 15.2. The van der Waals surface area contributed by atoms with Gasteiger partial charge >= 0.3 is 0 Å². The molecule has 1 aromatic heterocycles. The van der Waals surface area contributed by atoms with Crippen LogP contribution in [0.25, 0.3) is 0 Å². The maximum absolute atomic E-state index is 13.9. The largest absolute Gasteiger partial charge is 0.394 e. The first-order valence-electron chi connectivity index (χ1n) is 8.56. The van der Waals surface area contributed by atoms with Crippen molar-refractivity contribution in [1.82, 2.24) is 9.97 Å². The Morgan fingerprint density at radius 3 is 2.46 bits per heavy atom. The van der Waals surface area contributed by atoms with Crippen molar-refractivity contribution in [2.24, 2.45) is 5.92 Å². The average Bonchev–Trinajstić information content (AvgIpc) is 3.44. The van der Waals surface area contributed by atoms with E-state index < -0.39 is 23.1 Å². The molecule has 0 saturated heterocycles. The Balaban J connectivity index is 1.93. The number of hydrogen-bond donors (Lipinski definition) is 3. The van der Waals surface area contributed by atoms with Crippen LogP contribution in [0, 0.1) is 23.4 Å². The molecule has 1 saturated carbocycles. The van der Waals surface area contributed by atoms with E-state index in [2.05, 4.69) is 20.6 Å². The van der Waals surface area contributed by atoms with Gasteiger partial charge in [-0.05, 0) is 30.9 Å². The highest BCUT2D eigenvalue weighted by molar-refractivity contribution is 5.59. The van der Waals surface area contributed by atoms with Crippen LogP contribution in [0.4, 0.5) is 30.6 Å². The van der Waals surface area contributed by atoms with Gasteiger partial charge in [0.05, 0.1) is 18.3 Å². The van der Waals surface area contributed by atoms with E-state index >= 15 is 0 Å². The molecular formula is C18H21F3N4O. The van der Waals surface area contributed by atoms with Crippen LogP contribution in [0.3, 0.4) is 0 Å². The summed E-state index contributed by atoms with van der Waals surface area (Å²) in [5.41, 5.74) is 0.140. The lowest BCUT2D eigenvalue weighted by Crippen LogP contribution is -2.30. The van der Waals surface area contributed by atoms with E-state index in [9.17, 15) is 18.3 Å². The average molecular weight is 366 g/mol. The molecule has 0 unspecified atom stereocenters. The molecule has 3 N–H and O–H groups in total. The third kappa shape index (κ3) is 4.07. The van der Waals surface area contributed by atoms with Gasteiger partial charge in [-0.1, -0.05) is 13.8 Å². The van der Waals surface area contributed by atoms with Crippen LogP contribution in [0.15, 0.2) is 18.2 Å². The van der Waals surface area contributed by atoms with Crippen LogP contribution in [-0.2, 0) is 0 Å². The van der Waals surface area contributed by atoms with E-state index in [-0.39, 0.29) is 36.3 Å². The first kappa shape index (κ1) is 18.4. The molecule has 1 aliphatic rings. The Morgan fingerprint density at radius 1 is 1.15 bits per heavy atom. The first-order valence-corrected chi connectivity index (χ1v) is 8.56. The smallest absolute Gasteiger partial charge is 0.225 e. The maximum Gasteiger partial charge on any atom is 0.225 e. The molecule has 0 spiro atoms. The van der Waals surface area contributed by atoms with Gasteiger partial charge in [-0.3, -0.25) is 0 Å². The molecule has 26 heavy (non-hydrogen) atoms. The molecule has 1 aliphatic carbocycles. The number of nitrogens with zero attached hydrogens (tertiary/aromatic N) is 2. The number of aliphatic hydroxyl groups excluding tert-OH is 1. The van der Waals surface area contributed by atoms with Crippen molar-refractivity contribution >= 4 is 17.5 Å². The molecule has 0 amide bonds. The molecule has 140 valence electrons. The predicted molar refractivity (Wildman–Crippen MR) is 92.9 cm³/mol. The van der Waals surface area contributed by atoms with Gasteiger partial charge in [-0.15, -0.1) is 0 Å². The topological polar surface area (TPSA) is 70.1 Å². The Morgan fingerprint density at radius 2 is 1.85 bits per heavy atom. The molecule has 0 bridgehead atoms. The molecule has 1 atom stereocenters. The zero-order valence-electron chi connectivity index (χ0n) is 14.6. The van der Waals surface area contributed by atoms with Gasteiger partial charge in [-0.25, -0.2) is 18.2 Å². The molecule has 2 aromatic rings. The monoisotopic (exact) mass is 366 g/mol. The fourth-order valence-corrected chi connectivity index (χ4v) is 2.54. The van der Waals surface area contributed by atoms with Gasteiger partial charge in [0.1, 0.15) is 17.3 Å². The number of benzene rings is 1. The van der Waals surface area contributed by atoms with Crippen LogP contribution in [0.5, 0.6) is 0 Å². The minimum absolute atomic E-state index is 0.107. The molecule has 0 aliphatic heterocycles. The Labute approximate surface area is 149 Å². The highest BCUT2D eigenvalue weighted by atomic mass is 19.2. The number of aromatic nitrogens is 2. The maximum atomic E-state index is 13.9. The number of anilines is 3. The van der Waals surface area contributed by atoms with Crippen molar-refractivity contribution in [2.45, 2.75) is 38.6 Å². The first-order chi connectivity index (χ1) is 12.4. The highest BCUT2D eigenvalue weighted by Gasteiger charge is 2.27. The summed E-state index contributed by atoms with van der Waals surface area (Å²) >= 11 is 0. The number of halogens is 3. The van der Waals surface area contributed by atoms with Crippen LogP contribution < -0.4 is 10.6 Å². The minimum Gasteiger partial charge on any atom is -0.394 e. The third-order valence-corrected chi connectivity index (χ3v) is 4.35. The fraction of sp³-hybridized carbons (Fsp3) is 0.444. The number of hydrogen-bond acceptors (Lipinski definition) is 5. The zero-order valence-corrected chi connectivity index (χ0v) is 14.6. The third-order valence-electron chi connectivity index (χ3n) is 4.35. The summed E-state index contributed by atoms with van der Waals surface area (Å²) in [7, 11) is 0. The Kier molecular flexibility index (Phi) is 5.31. The van der Waals surface area contributed by atoms with Gasteiger partial charge in [0.2, 0.25) is 5.95 Å². The Hall–Kier alpha value is -2.35. The number of rotatable bonds is 7. The SMILES string of the molecule is CC(C)[C@H](CO)Nc1nc(Nc2c(F)ccc(F)c2F)cc(C2CC2)n1. The van der Waals surface area contributed by atoms with Crippen LogP contribution in [0.2, 0.25) is 0 Å². The fourth-order valence-electron chi connectivity index (χ4n) is 2.54. The zero-order chi connectivity index (χ0) is 18.8. The summed E-state index contributed by atoms with van der Waals surface area (Å²) in [5, 5.41) is 15.0. The summed E-state index contributed by atoms with van der Waals surface area (Å²) in [6, 6.07) is 2.92. The van der Waals surface area contributed by atoms with Gasteiger partial charge in [0.25, 0.3) is 0 Å². The lowest BCUT2D eigenvalue weighted by molar-refractivity contribution is 0.248. The van der Waals surface area contributed by atoms with Crippen molar-refractivity contribution < 1.29 is 18.3 Å². The van der Waals surface area contributed by atoms with E-state index in [1.165, 1.54) is 0 Å². The van der Waals surface area contributed by atoms with Crippen molar-refractivity contribution in [3.05, 3.63) is 41.3 Å². The standard InChI is InChI=1S/C18H21F3N4O/c1-9(2)14(8-26)23-18-22-13(10-3-4-10)7-15(25-18)24-17-12(20)6-5-11(19)16(17)21/h5-7,9-10,14,26H,3-4,8H2,1-2H3,(H2,22,23,24,25)/t14-/m0/s1. The van der Waals surface area contributed by atoms with E-state index in [1.807, 2.05) is 13.8 Å².